The second-order valence-electron chi connectivity index (χ2n) is 2.15. The largest absolute Gasteiger partial charge is 0.299 e. The van der Waals surface area contributed by atoms with Crippen LogP contribution in [0.25, 0.3) is 0 Å². The third-order valence-electron chi connectivity index (χ3n) is 1.47. The van der Waals surface area contributed by atoms with E-state index in [0.717, 1.165) is 0 Å². The second-order valence-corrected chi connectivity index (χ2v) is 2.15. The van der Waals surface area contributed by atoms with E-state index in [4.69, 9.17) is 0 Å². The van der Waals surface area contributed by atoms with Crippen molar-refractivity contribution in [2.75, 3.05) is 0 Å². The second kappa shape index (κ2) is 1.76. The fraction of sp³-hybridized carbons (Fsp3) is 0.500. The average Bonchev–Trinajstić information content (AvgIpc) is 1.81. The molecule has 0 amide bonds. The first kappa shape index (κ1) is 6.13. The minimum absolute atomic E-state index is 0.133. The van der Waals surface area contributed by atoms with E-state index in [-0.39, 0.29) is 12.2 Å². The van der Waals surface area contributed by atoms with Crippen LogP contribution in [0, 0.1) is 5.92 Å². The molecule has 0 saturated heterocycles. The lowest BCUT2D eigenvalue weighted by Gasteiger charge is -2.18. The topological polar surface area (TPSA) is 51.2 Å². The Bertz CT molecular complexity index is 192. The van der Waals surface area contributed by atoms with Gasteiger partial charge >= 0.3 is 0 Å². The molecular formula is C6H6O3. The number of hydrogen-bond donors (Lipinski definition) is 0. The van der Waals surface area contributed by atoms with Crippen LogP contribution in [0.3, 0.4) is 0 Å². The third-order valence-corrected chi connectivity index (χ3v) is 1.47. The van der Waals surface area contributed by atoms with Crippen molar-refractivity contribution in [2.45, 2.75) is 13.3 Å². The molecule has 1 aliphatic carbocycles. The van der Waals surface area contributed by atoms with E-state index < -0.39 is 17.5 Å². The quantitative estimate of drug-likeness (QED) is 0.359. The number of carbonyl (C=O) groups excluding carboxylic acids is 3. The minimum Gasteiger partial charge on any atom is -0.299 e. The zero-order chi connectivity index (χ0) is 7.02. The monoisotopic (exact) mass is 126 g/mol. The third kappa shape index (κ3) is 0.781. The summed E-state index contributed by atoms with van der Waals surface area (Å²) in [5, 5.41) is 0. The molecule has 1 rings (SSSR count). The van der Waals surface area contributed by atoms with Crippen LogP contribution in [-0.2, 0) is 14.4 Å². The molecule has 3 nitrogen and oxygen atoms in total. The number of rotatable bonds is 1. The Labute approximate surface area is 52.0 Å². The highest BCUT2D eigenvalue weighted by molar-refractivity contribution is 6.48. The van der Waals surface area contributed by atoms with Crippen LogP contribution in [0.5, 0.6) is 0 Å². The lowest BCUT2D eigenvalue weighted by Crippen LogP contribution is -2.41. The molecule has 1 fully saturated rings. The maximum absolute atomic E-state index is 10.4. The maximum Gasteiger partial charge on any atom is 0.209 e. The number of Topliss-reactive ketones (excluding diaryl/α,β-unsaturated/α-hetero) is 3. The van der Waals surface area contributed by atoms with E-state index in [2.05, 4.69) is 0 Å². The van der Waals surface area contributed by atoms with E-state index >= 15 is 0 Å². The molecule has 3 heteroatoms. The fourth-order valence-corrected chi connectivity index (χ4v) is 0.770. The number of ketones is 3. The van der Waals surface area contributed by atoms with Gasteiger partial charge in [-0.2, -0.15) is 0 Å². The predicted octanol–water partition coefficient (Wildman–Crippen LogP) is -0.266. The molecule has 1 atom stereocenters. The van der Waals surface area contributed by atoms with E-state index in [9.17, 15) is 14.4 Å². The van der Waals surface area contributed by atoms with Gasteiger partial charge in [0.25, 0.3) is 0 Å². The Morgan fingerprint density at radius 1 is 1.56 bits per heavy atom. The summed E-state index contributed by atoms with van der Waals surface area (Å²) >= 11 is 0. The van der Waals surface area contributed by atoms with Gasteiger partial charge in [0.2, 0.25) is 5.78 Å². The smallest absolute Gasteiger partial charge is 0.209 e. The predicted molar refractivity (Wildman–Crippen MR) is 28.8 cm³/mol. The molecule has 0 radical (unpaired) electrons. The van der Waals surface area contributed by atoms with Crippen LogP contribution in [0.1, 0.15) is 13.3 Å². The Balaban J connectivity index is 2.62. The van der Waals surface area contributed by atoms with Gasteiger partial charge in [-0.3, -0.25) is 14.4 Å². The van der Waals surface area contributed by atoms with Crippen molar-refractivity contribution >= 4 is 17.3 Å². The summed E-state index contributed by atoms with van der Waals surface area (Å²) in [5.74, 6) is -1.71. The highest BCUT2D eigenvalue weighted by atomic mass is 16.2. The van der Waals surface area contributed by atoms with Gasteiger partial charge in [0.1, 0.15) is 5.78 Å². The SMILES string of the molecule is CC(=O)C1CC(=O)C1=O. The summed E-state index contributed by atoms with van der Waals surface area (Å²) in [5.41, 5.74) is 0. The normalized spacial score (nSPS) is 25.7. The van der Waals surface area contributed by atoms with Gasteiger partial charge in [-0.1, -0.05) is 0 Å². The minimum atomic E-state index is -0.600. The van der Waals surface area contributed by atoms with Crippen LogP contribution in [0.4, 0.5) is 0 Å². The molecule has 0 N–H and O–H groups in total. The molecular weight excluding hydrogens is 120 g/mol. The van der Waals surface area contributed by atoms with Crippen molar-refractivity contribution in [3.8, 4) is 0 Å². The molecule has 1 aliphatic rings. The Kier molecular flexibility index (Phi) is 1.20. The van der Waals surface area contributed by atoms with Crippen molar-refractivity contribution in [1.82, 2.24) is 0 Å². The van der Waals surface area contributed by atoms with Crippen molar-refractivity contribution in [3.05, 3.63) is 0 Å². The van der Waals surface area contributed by atoms with Gasteiger partial charge in [0.05, 0.1) is 5.92 Å². The fourth-order valence-electron chi connectivity index (χ4n) is 0.770. The summed E-state index contributed by atoms with van der Waals surface area (Å²) in [6.45, 7) is 1.33. The first-order valence-electron chi connectivity index (χ1n) is 2.70. The van der Waals surface area contributed by atoms with Crippen LogP contribution in [0.15, 0.2) is 0 Å². The molecule has 9 heavy (non-hydrogen) atoms. The highest BCUT2D eigenvalue weighted by Crippen LogP contribution is 2.18. The molecule has 0 spiro atoms. The molecule has 0 aromatic carbocycles. The van der Waals surface area contributed by atoms with Gasteiger partial charge in [-0.25, -0.2) is 0 Å². The van der Waals surface area contributed by atoms with Crippen molar-refractivity contribution in [2.24, 2.45) is 5.92 Å². The van der Waals surface area contributed by atoms with Crippen LogP contribution in [0.2, 0.25) is 0 Å². The summed E-state index contributed by atoms with van der Waals surface area (Å²) in [6, 6.07) is 0. The molecule has 0 heterocycles. The van der Waals surface area contributed by atoms with Gasteiger partial charge in [0.15, 0.2) is 5.78 Å². The zero-order valence-electron chi connectivity index (χ0n) is 5.01. The summed E-state index contributed by atoms with van der Waals surface area (Å²) in [7, 11) is 0. The standard InChI is InChI=1S/C6H6O3/c1-3(7)4-2-5(8)6(4)9/h4H,2H2,1H3. The van der Waals surface area contributed by atoms with Crippen molar-refractivity contribution in [1.29, 1.82) is 0 Å². The van der Waals surface area contributed by atoms with Gasteiger partial charge in [-0.15, -0.1) is 0 Å². The molecule has 1 saturated carbocycles. The first-order chi connectivity index (χ1) is 4.13. The molecule has 0 aliphatic heterocycles. The molecule has 0 aromatic heterocycles. The number of carbonyl (C=O) groups is 3. The Morgan fingerprint density at radius 3 is 2.22 bits per heavy atom. The molecule has 48 valence electrons. The van der Waals surface area contributed by atoms with Crippen LogP contribution < -0.4 is 0 Å². The van der Waals surface area contributed by atoms with Crippen LogP contribution in [-0.4, -0.2) is 17.3 Å². The van der Waals surface area contributed by atoms with Gasteiger partial charge in [0, 0.05) is 6.42 Å². The highest BCUT2D eigenvalue weighted by Gasteiger charge is 2.40. The van der Waals surface area contributed by atoms with E-state index in [1.54, 1.807) is 0 Å². The Morgan fingerprint density at radius 2 is 2.11 bits per heavy atom. The number of hydrogen-bond acceptors (Lipinski definition) is 3. The molecule has 0 aromatic rings. The average molecular weight is 126 g/mol. The molecule has 0 bridgehead atoms. The van der Waals surface area contributed by atoms with E-state index in [1.165, 1.54) is 6.92 Å². The first-order valence-corrected chi connectivity index (χ1v) is 2.70. The summed E-state index contributed by atoms with van der Waals surface area (Å²) in [4.78, 5) is 31.1. The molecule has 1 unspecified atom stereocenters. The summed E-state index contributed by atoms with van der Waals surface area (Å²) < 4.78 is 0. The Hall–Kier alpha value is -0.990. The lowest BCUT2D eigenvalue weighted by atomic mass is 9.80. The van der Waals surface area contributed by atoms with E-state index in [1.807, 2.05) is 0 Å². The zero-order valence-corrected chi connectivity index (χ0v) is 5.01. The maximum atomic E-state index is 10.4. The lowest BCUT2D eigenvalue weighted by molar-refractivity contribution is -0.150. The van der Waals surface area contributed by atoms with Crippen molar-refractivity contribution in [3.63, 3.8) is 0 Å². The summed E-state index contributed by atoms with van der Waals surface area (Å²) in [6.07, 6.45) is 0.133. The van der Waals surface area contributed by atoms with Gasteiger partial charge < -0.3 is 0 Å². The van der Waals surface area contributed by atoms with Crippen molar-refractivity contribution < 1.29 is 14.4 Å². The van der Waals surface area contributed by atoms with Gasteiger partial charge in [-0.05, 0) is 6.92 Å². The van der Waals surface area contributed by atoms with E-state index in [0.29, 0.717) is 0 Å². The van der Waals surface area contributed by atoms with Crippen LogP contribution >= 0.6 is 0 Å².